The number of pyridine rings is 2. The maximum atomic E-state index is 12.1. The Balaban J connectivity index is 0.00000160. The third-order valence-corrected chi connectivity index (χ3v) is 6.23. The molecule has 0 radical (unpaired) electrons. The third-order valence-electron chi connectivity index (χ3n) is 4.96. The van der Waals surface area contributed by atoms with E-state index < -0.39 is 13.3 Å². The van der Waals surface area contributed by atoms with Crippen molar-refractivity contribution >= 4 is 30.8 Å². The third kappa shape index (κ3) is 4.72. The largest absolute Gasteiger partial charge is 1.00 e. The summed E-state index contributed by atoms with van der Waals surface area (Å²) in [5, 5.41) is 2.09. The fourth-order valence-electron chi connectivity index (χ4n) is 3.37. The van der Waals surface area contributed by atoms with Crippen molar-refractivity contribution in [3.8, 4) is 16.8 Å². The zero-order chi connectivity index (χ0) is 19.7. The van der Waals surface area contributed by atoms with Crippen molar-refractivity contribution in [1.29, 1.82) is 0 Å². The van der Waals surface area contributed by atoms with Crippen molar-refractivity contribution < 1.29 is 31.3 Å². The molecule has 4 aromatic rings. The average molecular weight is 463 g/mol. The Morgan fingerprint density at radius 2 is 1.60 bits per heavy atom. The van der Waals surface area contributed by atoms with Gasteiger partial charge in [0.15, 0.2) is 6.20 Å². The molecule has 0 bridgehead atoms. The second-order valence-corrected chi connectivity index (χ2v) is 8.66. The normalized spacial score (nSPS) is 12.0. The molecule has 2 aromatic carbocycles. The van der Waals surface area contributed by atoms with E-state index in [4.69, 9.17) is 0 Å². The van der Waals surface area contributed by atoms with Crippen molar-refractivity contribution in [2.75, 3.05) is 0 Å². The number of nitrogens with zero attached hydrogens (tertiary/aromatic N) is 2. The highest BCUT2D eigenvalue weighted by molar-refractivity contribution is 7.52. The highest BCUT2D eigenvalue weighted by Crippen LogP contribution is 2.51. The number of fused-ring (bicyclic) bond motifs is 1. The zero-order valence-electron chi connectivity index (χ0n) is 16.1. The predicted molar refractivity (Wildman–Crippen MR) is 116 cm³/mol. The summed E-state index contributed by atoms with van der Waals surface area (Å²) in [6.07, 6.45) is 5.28. The summed E-state index contributed by atoms with van der Waals surface area (Å²) in [6, 6.07) is 21.5. The van der Waals surface area contributed by atoms with Crippen LogP contribution in [0.1, 0.15) is 18.3 Å². The molecular weight excluding hydrogens is 442 g/mol. The van der Waals surface area contributed by atoms with Crippen molar-refractivity contribution in [2.24, 2.45) is 0 Å². The van der Waals surface area contributed by atoms with E-state index in [0.29, 0.717) is 5.69 Å². The molecule has 4 rings (SSSR count). The summed E-state index contributed by atoms with van der Waals surface area (Å²) in [7, 11) is -4.33. The molecule has 0 saturated carbocycles. The highest BCUT2D eigenvalue weighted by Gasteiger charge is 2.34. The van der Waals surface area contributed by atoms with E-state index in [0.717, 1.165) is 27.6 Å². The van der Waals surface area contributed by atoms with Gasteiger partial charge >= 0.3 is 7.60 Å². The van der Waals surface area contributed by atoms with E-state index in [1.54, 1.807) is 19.3 Å². The number of rotatable bonds is 4. The van der Waals surface area contributed by atoms with Crippen molar-refractivity contribution in [2.45, 2.75) is 12.6 Å². The molecule has 8 heteroatoms. The van der Waals surface area contributed by atoms with Crippen LogP contribution in [0.2, 0.25) is 0 Å². The molecule has 0 saturated heterocycles. The van der Waals surface area contributed by atoms with E-state index in [2.05, 4.69) is 4.98 Å². The van der Waals surface area contributed by atoms with Crippen LogP contribution in [0.3, 0.4) is 0 Å². The Kier molecular flexibility index (Phi) is 7.75. The molecule has 30 heavy (non-hydrogen) atoms. The Bertz CT molecular complexity index is 1190. The van der Waals surface area contributed by atoms with Crippen LogP contribution in [-0.2, 0) is 4.57 Å². The summed E-state index contributed by atoms with van der Waals surface area (Å²) < 4.78 is 14.0. The molecule has 0 amide bonds. The Labute approximate surface area is 187 Å². The van der Waals surface area contributed by atoms with Crippen LogP contribution < -0.4 is 17.0 Å². The Morgan fingerprint density at radius 3 is 2.30 bits per heavy atom. The number of halogens is 2. The first-order valence-corrected chi connectivity index (χ1v) is 10.6. The van der Waals surface area contributed by atoms with Crippen molar-refractivity contribution in [3.05, 3.63) is 91.0 Å². The molecule has 0 aliphatic rings. The molecule has 0 spiro atoms. The summed E-state index contributed by atoms with van der Waals surface area (Å²) in [5.41, 5.74) is 2.32. The van der Waals surface area contributed by atoms with Gasteiger partial charge in [-0.15, -0.1) is 12.4 Å². The van der Waals surface area contributed by atoms with Gasteiger partial charge in [0, 0.05) is 30.6 Å². The van der Waals surface area contributed by atoms with Crippen LogP contribution >= 0.6 is 20.0 Å². The lowest BCUT2D eigenvalue weighted by Crippen LogP contribution is -3.00. The SMILES string of the molecule is CC(c1cc(-c2ccncc2)cc[n+]1-c1cccc2ccccc12)P(=O)(O)O.Cl.[Cl-]. The molecule has 1 atom stereocenters. The lowest BCUT2D eigenvalue weighted by atomic mass is 10.0. The van der Waals surface area contributed by atoms with Gasteiger partial charge in [-0.1, -0.05) is 30.3 Å². The minimum Gasteiger partial charge on any atom is -1.00 e. The standard InChI is InChI=1S/C22H19N2O3P.2ClH/c1-16(28(25,26)27)22-15-19(17-9-12-23-13-10-17)11-14-24(22)21-8-4-6-18-5-2-3-7-20(18)21;;/h2-16H,1H3,(H-,25,26,27);2*1H. The predicted octanol–water partition coefficient (Wildman–Crippen LogP) is 1.84. The van der Waals surface area contributed by atoms with Gasteiger partial charge in [0.1, 0.15) is 5.66 Å². The van der Waals surface area contributed by atoms with E-state index in [9.17, 15) is 14.4 Å². The van der Waals surface area contributed by atoms with Crippen molar-refractivity contribution in [3.63, 3.8) is 0 Å². The fourth-order valence-corrected chi connectivity index (χ4v) is 3.92. The highest BCUT2D eigenvalue weighted by atomic mass is 35.5. The van der Waals surface area contributed by atoms with Gasteiger partial charge in [-0.05, 0) is 41.6 Å². The first-order valence-electron chi connectivity index (χ1n) is 8.94. The zero-order valence-corrected chi connectivity index (χ0v) is 18.6. The fraction of sp³-hybridized carbons (Fsp3) is 0.0909. The van der Waals surface area contributed by atoms with Gasteiger partial charge in [-0.2, -0.15) is 4.57 Å². The van der Waals surface area contributed by atoms with Crippen LogP contribution in [-0.4, -0.2) is 14.8 Å². The van der Waals surface area contributed by atoms with E-state index >= 15 is 0 Å². The quantitative estimate of drug-likeness (QED) is 0.358. The molecule has 1 unspecified atom stereocenters. The first kappa shape index (κ1) is 24.0. The summed E-state index contributed by atoms with van der Waals surface area (Å²) >= 11 is 0. The van der Waals surface area contributed by atoms with Gasteiger partial charge in [0.05, 0.1) is 5.39 Å². The van der Waals surface area contributed by atoms with E-state index in [1.165, 1.54) is 0 Å². The molecule has 0 fully saturated rings. The summed E-state index contributed by atoms with van der Waals surface area (Å²) in [4.78, 5) is 23.8. The van der Waals surface area contributed by atoms with Crippen LogP contribution in [0.25, 0.3) is 27.6 Å². The maximum Gasteiger partial charge on any atom is 0.338 e. The number of aromatic nitrogens is 2. The number of hydrogen-bond donors (Lipinski definition) is 2. The van der Waals surface area contributed by atoms with E-state index in [1.807, 2.05) is 77.5 Å². The Hall–Kier alpha value is -2.27. The molecule has 2 N–H and O–H groups in total. The Morgan fingerprint density at radius 1 is 0.933 bits per heavy atom. The topological polar surface area (TPSA) is 74.3 Å². The number of benzene rings is 2. The summed E-state index contributed by atoms with van der Waals surface area (Å²) in [5.74, 6) is 0. The first-order chi connectivity index (χ1) is 13.4. The van der Waals surface area contributed by atoms with Crippen LogP contribution in [0, 0.1) is 0 Å². The van der Waals surface area contributed by atoms with Gasteiger partial charge in [-0.25, -0.2) is 0 Å². The summed E-state index contributed by atoms with van der Waals surface area (Å²) in [6.45, 7) is 1.56. The molecule has 5 nitrogen and oxygen atoms in total. The van der Waals surface area contributed by atoms with Gasteiger partial charge in [-0.3, -0.25) is 9.55 Å². The lowest BCUT2D eigenvalue weighted by Gasteiger charge is -2.14. The van der Waals surface area contributed by atoms with E-state index in [-0.39, 0.29) is 24.8 Å². The minimum atomic E-state index is -4.33. The molecule has 0 aliphatic carbocycles. The van der Waals surface area contributed by atoms with Gasteiger partial charge in [0.25, 0.3) is 0 Å². The second-order valence-electron chi connectivity index (χ2n) is 6.71. The molecule has 2 aromatic heterocycles. The van der Waals surface area contributed by atoms with Crippen LogP contribution in [0.4, 0.5) is 0 Å². The van der Waals surface area contributed by atoms with Crippen LogP contribution in [0.5, 0.6) is 0 Å². The molecule has 2 heterocycles. The molecule has 156 valence electrons. The molecule has 0 aliphatic heterocycles. The second kappa shape index (κ2) is 9.69. The average Bonchev–Trinajstić information content (AvgIpc) is 2.72. The number of hydrogen-bond acceptors (Lipinski definition) is 2. The smallest absolute Gasteiger partial charge is 0.338 e. The van der Waals surface area contributed by atoms with Crippen LogP contribution in [0.15, 0.2) is 85.3 Å². The lowest BCUT2D eigenvalue weighted by molar-refractivity contribution is -0.603. The minimum absolute atomic E-state index is 0. The van der Waals surface area contributed by atoms with Crippen molar-refractivity contribution in [1.82, 2.24) is 4.98 Å². The van der Waals surface area contributed by atoms with Gasteiger partial charge in [0.2, 0.25) is 11.4 Å². The van der Waals surface area contributed by atoms with Gasteiger partial charge < -0.3 is 22.2 Å². The maximum absolute atomic E-state index is 12.1. The molecular formula is C22H21Cl2N2O3P. The monoisotopic (exact) mass is 462 g/mol.